The molecule has 0 heterocycles. The van der Waals surface area contributed by atoms with Gasteiger partial charge >= 0.3 is 0 Å². The maximum Gasteiger partial charge on any atom is 0.0530 e. The van der Waals surface area contributed by atoms with Gasteiger partial charge < -0.3 is 11.1 Å². The van der Waals surface area contributed by atoms with E-state index in [2.05, 4.69) is 50.2 Å². The van der Waals surface area contributed by atoms with E-state index >= 15 is 0 Å². The van der Waals surface area contributed by atoms with E-state index in [1.165, 1.54) is 5.56 Å². The van der Waals surface area contributed by atoms with E-state index in [-0.39, 0.29) is 0 Å². The van der Waals surface area contributed by atoms with Crippen molar-refractivity contribution in [3.05, 3.63) is 50.9 Å². The van der Waals surface area contributed by atoms with Gasteiger partial charge in [-0.05, 0) is 64.8 Å². The van der Waals surface area contributed by atoms with Crippen molar-refractivity contribution < 1.29 is 0 Å². The fourth-order valence-electron chi connectivity index (χ4n) is 1.55. The lowest BCUT2D eigenvalue weighted by molar-refractivity contribution is 1.41. The summed E-state index contributed by atoms with van der Waals surface area (Å²) in [5, 5.41) is 3.37. The highest BCUT2D eigenvalue weighted by atomic mass is 79.9. The fourth-order valence-corrected chi connectivity index (χ4v) is 2.52. The summed E-state index contributed by atoms with van der Waals surface area (Å²) in [6, 6.07) is 11.9. The van der Waals surface area contributed by atoms with Crippen LogP contribution in [0.1, 0.15) is 5.56 Å². The monoisotopic (exact) mass is 354 g/mol. The van der Waals surface area contributed by atoms with Gasteiger partial charge in [-0.25, -0.2) is 0 Å². The average molecular weight is 356 g/mol. The van der Waals surface area contributed by atoms with Crippen LogP contribution in [0.15, 0.2) is 45.3 Å². The maximum atomic E-state index is 5.71. The summed E-state index contributed by atoms with van der Waals surface area (Å²) in [4.78, 5) is 0. The molecule has 0 aliphatic rings. The van der Waals surface area contributed by atoms with Crippen molar-refractivity contribution in [3.8, 4) is 0 Å². The number of benzene rings is 2. The van der Waals surface area contributed by atoms with Crippen LogP contribution in [0.5, 0.6) is 0 Å². The largest absolute Gasteiger partial charge is 0.399 e. The summed E-state index contributed by atoms with van der Waals surface area (Å²) >= 11 is 6.94. The van der Waals surface area contributed by atoms with Crippen LogP contribution in [-0.2, 0) is 0 Å². The first kappa shape index (κ1) is 12.5. The zero-order chi connectivity index (χ0) is 12.4. The first-order valence-electron chi connectivity index (χ1n) is 5.14. The number of hydrogen-bond donors (Lipinski definition) is 2. The first-order chi connectivity index (χ1) is 8.06. The van der Waals surface area contributed by atoms with E-state index < -0.39 is 0 Å². The smallest absolute Gasteiger partial charge is 0.0530 e. The van der Waals surface area contributed by atoms with Crippen molar-refractivity contribution in [2.45, 2.75) is 6.92 Å². The standard InChI is InChI=1S/C13H12Br2N2/c1-8-6-9(14)2-4-12(8)17-13-5-3-10(16)7-11(13)15/h2-7,17H,16H2,1H3. The highest BCUT2D eigenvalue weighted by Crippen LogP contribution is 2.29. The Bertz CT molecular complexity index is 504. The van der Waals surface area contributed by atoms with Gasteiger partial charge in [0.05, 0.1) is 5.69 Å². The molecular formula is C13H12Br2N2. The highest BCUT2D eigenvalue weighted by molar-refractivity contribution is 9.10. The van der Waals surface area contributed by atoms with Crippen molar-refractivity contribution in [1.29, 1.82) is 0 Å². The molecule has 2 nitrogen and oxygen atoms in total. The van der Waals surface area contributed by atoms with Crippen molar-refractivity contribution in [3.63, 3.8) is 0 Å². The molecule has 2 rings (SSSR count). The molecule has 17 heavy (non-hydrogen) atoms. The van der Waals surface area contributed by atoms with Gasteiger partial charge in [-0.15, -0.1) is 0 Å². The number of nitrogen functional groups attached to an aromatic ring is 1. The molecule has 0 radical (unpaired) electrons. The summed E-state index contributed by atoms with van der Waals surface area (Å²) in [5.41, 5.74) is 9.72. The summed E-state index contributed by atoms with van der Waals surface area (Å²) in [5.74, 6) is 0. The molecule has 2 aromatic rings. The van der Waals surface area contributed by atoms with E-state index in [0.717, 1.165) is 26.0 Å². The predicted octanol–water partition coefficient (Wildman–Crippen LogP) is 4.85. The van der Waals surface area contributed by atoms with Gasteiger partial charge in [-0.2, -0.15) is 0 Å². The number of rotatable bonds is 2. The van der Waals surface area contributed by atoms with Crippen LogP contribution in [0.4, 0.5) is 17.1 Å². The van der Waals surface area contributed by atoms with E-state index in [1.54, 1.807) is 0 Å². The summed E-state index contributed by atoms with van der Waals surface area (Å²) in [7, 11) is 0. The van der Waals surface area contributed by atoms with Gasteiger partial charge in [-0.3, -0.25) is 0 Å². The van der Waals surface area contributed by atoms with Crippen LogP contribution in [-0.4, -0.2) is 0 Å². The molecular weight excluding hydrogens is 344 g/mol. The zero-order valence-electron chi connectivity index (χ0n) is 9.30. The Balaban J connectivity index is 2.31. The maximum absolute atomic E-state index is 5.71. The van der Waals surface area contributed by atoms with Crippen LogP contribution in [0.25, 0.3) is 0 Å². The number of anilines is 3. The average Bonchev–Trinajstić information content (AvgIpc) is 2.25. The van der Waals surface area contributed by atoms with Crippen molar-refractivity contribution in [2.24, 2.45) is 0 Å². The first-order valence-corrected chi connectivity index (χ1v) is 6.73. The second-order valence-electron chi connectivity index (χ2n) is 3.82. The minimum absolute atomic E-state index is 0.745. The third-order valence-electron chi connectivity index (χ3n) is 2.45. The molecule has 0 saturated carbocycles. The van der Waals surface area contributed by atoms with Gasteiger partial charge in [0, 0.05) is 20.3 Å². The van der Waals surface area contributed by atoms with E-state index in [1.807, 2.05) is 30.3 Å². The van der Waals surface area contributed by atoms with Gasteiger partial charge in [0.1, 0.15) is 0 Å². The Morgan fingerprint density at radius 2 is 1.71 bits per heavy atom. The van der Waals surface area contributed by atoms with Crippen molar-refractivity contribution >= 4 is 48.9 Å². The number of nitrogens with one attached hydrogen (secondary N) is 1. The summed E-state index contributed by atoms with van der Waals surface area (Å²) in [6.45, 7) is 2.07. The van der Waals surface area contributed by atoms with Gasteiger partial charge in [0.25, 0.3) is 0 Å². The predicted molar refractivity (Wildman–Crippen MR) is 80.7 cm³/mol. The van der Waals surface area contributed by atoms with Crippen LogP contribution in [0.2, 0.25) is 0 Å². The fraction of sp³-hybridized carbons (Fsp3) is 0.0769. The minimum Gasteiger partial charge on any atom is -0.399 e. The molecule has 0 atom stereocenters. The molecule has 88 valence electrons. The molecule has 2 aromatic carbocycles. The van der Waals surface area contributed by atoms with Gasteiger partial charge in [0.2, 0.25) is 0 Å². The summed E-state index contributed by atoms with van der Waals surface area (Å²) in [6.07, 6.45) is 0. The quantitative estimate of drug-likeness (QED) is 0.756. The molecule has 0 saturated heterocycles. The second-order valence-corrected chi connectivity index (χ2v) is 5.59. The van der Waals surface area contributed by atoms with Gasteiger partial charge in [0.15, 0.2) is 0 Å². The van der Waals surface area contributed by atoms with Crippen molar-refractivity contribution in [1.82, 2.24) is 0 Å². The number of aryl methyl sites for hydroxylation is 1. The molecule has 0 fully saturated rings. The molecule has 0 amide bonds. The molecule has 0 aliphatic carbocycles. The number of halogens is 2. The van der Waals surface area contributed by atoms with Crippen LogP contribution >= 0.6 is 31.9 Å². The van der Waals surface area contributed by atoms with Crippen molar-refractivity contribution in [2.75, 3.05) is 11.1 Å². The Hall–Kier alpha value is -1.00. The van der Waals surface area contributed by atoms with E-state index in [0.29, 0.717) is 0 Å². The lowest BCUT2D eigenvalue weighted by Crippen LogP contribution is -1.95. The summed E-state index contributed by atoms with van der Waals surface area (Å²) < 4.78 is 2.04. The second kappa shape index (κ2) is 5.10. The Morgan fingerprint density at radius 3 is 2.35 bits per heavy atom. The Morgan fingerprint density at radius 1 is 1.00 bits per heavy atom. The SMILES string of the molecule is Cc1cc(Br)ccc1Nc1ccc(N)cc1Br. The normalized spacial score (nSPS) is 10.3. The lowest BCUT2D eigenvalue weighted by atomic mass is 10.2. The molecule has 3 N–H and O–H groups in total. The topological polar surface area (TPSA) is 38.0 Å². The zero-order valence-corrected chi connectivity index (χ0v) is 12.5. The Labute approximate surface area is 117 Å². The van der Waals surface area contributed by atoms with Crippen LogP contribution in [0.3, 0.4) is 0 Å². The lowest BCUT2D eigenvalue weighted by Gasteiger charge is -2.12. The van der Waals surface area contributed by atoms with E-state index in [4.69, 9.17) is 5.73 Å². The number of hydrogen-bond acceptors (Lipinski definition) is 2. The van der Waals surface area contributed by atoms with Crippen LogP contribution < -0.4 is 11.1 Å². The molecule has 4 heteroatoms. The molecule has 0 aromatic heterocycles. The van der Waals surface area contributed by atoms with E-state index in [9.17, 15) is 0 Å². The third-order valence-corrected chi connectivity index (χ3v) is 3.60. The highest BCUT2D eigenvalue weighted by Gasteiger charge is 2.03. The van der Waals surface area contributed by atoms with Crippen LogP contribution in [0, 0.1) is 6.92 Å². The third kappa shape index (κ3) is 3.01. The molecule has 0 bridgehead atoms. The Kier molecular flexibility index (Phi) is 3.74. The molecule has 0 spiro atoms. The number of nitrogens with two attached hydrogens (primary N) is 1. The van der Waals surface area contributed by atoms with Gasteiger partial charge in [-0.1, -0.05) is 15.9 Å². The molecule has 0 unspecified atom stereocenters. The minimum atomic E-state index is 0.745. The molecule has 0 aliphatic heterocycles.